The zero-order valence-electron chi connectivity index (χ0n) is 23.7. The van der Waals surface area contributed by atoms with Crippen LogP contribution in [0.2, 0.25) is 0 Å². The molecule has 0 aliphatic carbocycles. The maximum Gasteiger partial charge on any atom is 0.326 e. The Hall–Kier alpha value is -5.31. The average molecular weight is 578 g/mol. The number of hydrogen-bond donors (Lipinski definition) is 1. The lowest BCUT2D eigenvalue weighted by molar-refractivity contribution is -0.144. The SMILES string of the molecule is CC(=O)CCC(=O)N1CC(NC(=O)c2cccc3ccccc23)C(=O)N(CC(=O)OCc2ccccc2)c2ccccc21. The molecule has 0 bridgehead atoms. The number of benzene rings is 4. The lowest BCUT2D eigenvalue weighted by Gasteiger charge is -2.25. The van der Waals surface area contributed by atoms with Crippen molar-refractivity contribution in [3.63, 3.8) is 0 Å². The highest BCUT2D eigenvalue weighted by Crippen LogP contribution is 2.33. The molecule has 9 nitrogen and oxygen atoms in total. The van der Waals surface area contributed by atoms with E-state index in [1.807, 2.05) is 60.7 Å². The summed E-state index contributed by atoms with van der Waals surface area (Å²) in [7, 11) is 0. The monoisotopic (exact) mass is 577 g/mol. The Morgan fingerprint density at radius 1 is 0.814 bits per heavy atom. The zero-order chi connectivity index (χ0) is 30.3. The summed E-state index contributed by atoms with van der Waals surface area (Å²) in [6.45, 7) is 0.820. The molecule has 4 aromatic carbocycles. The van der Waals surface area contributed by atoms with E-state index in [0.717, 1.165) is 10.9 Å². The fourth-order valence-electron chi connectivity index (χ4n) is 5.08. The number of hydrogen-bond acceptors (Lipinski definition) is 6. The second-order valence-electron chi connectivity index (χ2n) is 10.3. The minimum atomic E-state index is -1.19. The Labute approximate surface area is 249 Å². The van der Waals surface area contributed by atoms with Crippen LogP contribution in [0.4, 0.5) is 11.4 Å². The topological polar surface area (TPSA) is 113 Å². The lowest BCUT2D eigenvalue weighted by Crippen LogP contribution is -2.53. The number of fused-ring (bicyclic) bond motifs is 2. The largest absolute Gasteiger partial charge is 0.459 e. The van der Waals surface area contributed by atoms with Gasteiger partial charge in [-0.3, -0.25) is 24.1 Å². The third kappa shape index (κ3) is 6.78. The van der Waals surface area contributed by atoms with Crippen molar-refractivity contribution in [2.45, 2.75) is 32.4 Å². The number of nitrogens with one attached hydrogen (secondary N) is 1. The van der Waals surface area contributed by atoms with Gasteiger partial charge in [-0.15, -0.1) is 0 Å². The molecule has 1 heterocycles. The van der Waals surface area contributed by atoms with E-state index in [1.54, 1.807) is 36.4 Å². The van der Waals surface area contributed by atoms with Crippen LogP contribution in [0.3, 0.4) is 0 Å². The molecule has 3 amide bonds. The predicted molar refractivity (Wildman–Crippen MR) is 163 cm³/mol. The van der Waals surface area contributed by atoms with Gasteiger partial charge in [0.25, 0.3) is 11.8 Å². The van der Waals surface area contributed by atoms with Crippen molar-refractivity contribution < 1.29 is 28.7 Å². The second kappa shape index (κ2) is 13.1. The molecule has 1 N–H and O–H groups in total. The number of nitrogens with zero attached hydrogens (tertiary/aromatic N) is 2. The van der Waals surface area contributed by atoms with Crippen molar-refractivity contribution in [2.24, 2.45) is 0 Å². The summed E-state index contributed by atoms with van der Waals surface area (Å²) in [6.07, 6.45) is -0.0328. The van der Waals surface area contributed by atoms with Gasteiger partial charge in [0, 0.05) is 18.4 Å². The van der Waals surface area contributed by atoms with Crippen LogP contribution in [0, 0.1) is 0 Å². The molecular weight excluding hydrogens is 546 g/mol. The molecule has 1 unspecified atom stereocenters. The van der Waals surface area contributed by atoms with Crippen LogP contribution in [0.15, 0.2) is 97.1 Å². The van der Waals surface area contributed by atoms with Gasteiger partial charge in [-0.2, -0.15) is 0 Å². The summed E-state index contributed by atoms with van der Waals surface area (Å²) in [5, 5.41) is 4.39. The van der Waals surface area contributed by atoms with Crippen LogP contribution in [0.1, 0.15) is 35.7 Å². The van der Waals surface area contributed by atoms with Gasteiger partial charge in [0.1, 0.15) is 25.0 Å². The van der Waals surface area contributed by atoms with E-state index in [0.29, 0.717) is 22.3 Å². The van der Waals surface area contributed by atoms with Gasteiger partial charge >= 0.3 is 5.97 Å². The van der Waals surface area contributed by atoms with Gasteiger partial charge in [-0.05, 0) is 41.5 Å². The van der Waals surface area contributed by atoms with E-state index in [-0.39, 0.29) is 37.7 Å². The predicted octanol–water partition coefficient (Wildman–Crippen LogP) is 4.43. The van der Waals surface area contributed by atoms with Gasteiger partial charge in [0.15, 0.2) is 0 Å². The Morgan fingerprint density at radius 3 is 2.26 bits per heavy atom. The normalized spacial score (nSPS) is 14.5. The first-order valence-electron chi connectivity index (χ1n) is 14.0. The van der Waals surface area contributed by atoms with Crippen LogP contribution in [0.25, 0.3) is 10.8 Å². The van der Waals surface area contributed by atoms with E-state index in [9.17, 15) is 24.0 Å². The molecule has 0 spiro atoms. The van der Waals surface area contributed by atoms with Gasteiger partial charge in [0.05, 0.1) is 17.9 Å². The molecule has 0 saturated heterocycles. The van der Waals surface area contributed by atoms with Gasteiger partial charge in [-0.1, -0.05) is 78.9 Å². The van der Waals surface area contributed by atoms with Crippen molar-refractivity contribution in [3.8, 4) is 0 Å². The number of ketones is 1. The molecule has 0 saturated carbocycles. The van der Waals surface area contributed by atoms with E-state index in [4.69, 9.17) is 4.74 Å². The van der Waals surface area contributed by atoms with Crippen LogP contribution in [-0.2, 0) is 30.5 Å². The second-order valence-corrected chi connectivity index (χ2v) is 10.3. The lowest BCUT2D eigenvalue weighted by atomic mass is 10.0. The van der Waals surface area contributed by atoms with Gasteiger partial charge in [0.2, 0.25) is 5.91 Å². The van der Waals surface area contributed by atoms with Gasteiger partial charge in [-0.25, -0.2) is 0 Å². The summed E-state index contributed by atoms with van der Waals surface area (Å²) in [6, 6.07) is 27.4. The minimum Gasteiger partial charge on any atom is -0.459 e. The van der Waals surface area contributed by atoms with E-state index in [2.05, 4.69) is 5.32 Å². The summed E-state index contributed by atoms with van der Waals surface area (Å²) in [4.78, 5) is 68.5. The van der Waals surface area contributed by atoms with Crippen molar-refractivity contribution >= 4 is 51.6 Å². The van der Waals surface area contributed by atoms with Crippen molar-refractivity contribution in [1.82, 2.24) is 5.32 Å². The first-order valence-corrected chi connectivity index (χ1v) is 14.0. The number of rotatable bonds is 9. The summed E-state index contributed by atoms with van der Waals surface area (Å²) >= 11 is 0. The molecule has 0 fully saturated rings. The number of carbonyl (C=O) groups is 5. The molecule has 0 radical (unpaired) electrons. The maximum absolute atomic E-state index is 14.1. The quantitative estimate of drug-likeness (QED) is 0.295. The Balaban J connectivity index is 1.47. The van der Waals surface area contributed by atoms with Crippen molar-refractivity contribution in [3.05, 3.63) is 108 Å². The standard InChI is InChI=1S/C34H31N3O6/c1-23(38)18-19-31(39)36-20-28(35-33(41)27-15-9-13-25-12-5-6-14-26(25)27)34(42)37(30-17-8-7-16-29(30)36)21-32(40)43-22-24-10-3-2-4-11-24/h2-17,28H,18-22H2,1H3,(H,35,41). The average Bonchev–Trinajstić information content (AvgIpc) is 3.13. The maximum atomic E-state index is 14.1. The minimum absolute atomic E-state index is 0.0280. The molecule has 5 rings (SSSR count). The molecule has 9 heteroatoms. The highest BCUT2D eigenvalue weighted by atomic mass is 16.5. The van der Waals surface area contributed by atoms with E-state index >= 15 is 0 Å². The third-order valence-corrected chi connectivity index (χ3v) is 7.25. The zero-order valence-corrected chi connectivity index (χ0v) is 23.7. The Bertz CT molecular complexity index is 1680. The van der Waals surface area contributed by atoms with Crippen LogP contribution in [0.5, 0.6) is 0 Å². The number of Topliss-reactive ketones (excluding diaryl/α,β-unsaturated/α-hetero) is 1. The molecule has 218 valence electrons. The fraction of sp³-hybridized carbons (Fsp3) is 0.206. The van der Waals surface area contributed by atoms with Crippen LogP contribution >= 0.6 is 0 Å². The van der Waals surface area contributed by atoms with Crippen LogP contribution in [-0.4, -0.2) is 48.6 Å². The molecule has 43 heavy (non-hydrogen) atoms. The molecule has 1 aliphatic rings. The van der Waals surface area contributed by atoms with Crippen molar-refractivity contribution in [2.75, 3.05) is 22.9 Å². The fourth-order valence-corrected chi connectivity index (χ4v) is 5.08. The first-order chi connectivity index (χ1) is 20.8. The number of para-hydroxylation sites is 2. The highest BCUT2D eigenvalue weighted by molar-refractivity contribution is 6.12. The smallest absolute Gasteiger partial charge is 0.326 e. The summed E-state index contributed by atoms with van der Waals surface area (Å²) < 4.78 is 5.47. The summed E-state index contributed by atoms with van der Waals surface area (Å²) in [5.41, 5.74) is 1.88. The van der Waals surface area contributed by atoms with E-state index < -0.39 is 30.4 Å². The number of amides is 3. The Kier molecular flexibility index (Phi) is 8.90. The number of esters is 1. The molecular formula is C34H31N3O6. The number of ether oxygens (including phenoxy) is 1. The Morgan fingerprint density at radius 2 is 1.49 bits per heavy atom. The summed E-state index contributed by atoms with van der Waals surface area (Å²) in [5.74, 6) is -2.24. The highest BCUT2D eigenvalue weighted by Gasteiger charge is 2.38. The van der Waals surface area contributed by atoms with Crippen molar-refractivity contribution in [1.29, 1.82) is 0 Å². The number of anilines is 2. The van der Waals surface area contributed by atoms with E-state index in [1.165, 1.54) is 16.7 Å². The third-order valence-electron chi connectivity index (χ3n) is 7.25. The molecule has 0 aromatic heterocycles. The van der Waals surface area contributed by atoms with Crippen LogP contribution < -0.4 is 15.1 Å². The molecule has 1 atom stereocenters. The number of carbonyl (C=O) groups excluding carboxylic acids is 5. The first kappa shape index (κ1) is 29.2. The molecule has 4 aromatic rings. The van der Waals surface area contributed by atoms with Gasteiger partial charge < -0.3 is 19.7 Å². The molecule has 1 aliphatic heterocycles.